The van der Waals surface area contributed by atoms with Crippen LogP contribution in [0.4, 0.5) is 9.93 Å². The van der Waals surface area contributed by atoms with Gasteiger partial charge in [0.15, 0.2) is 5.13 Å². The summed E-state index contributed by atoms with van der Waals surface area (Å²) in [5, 5.41) is 3.95. The van der Waals surface area contributed by atoms with Crippen molar-refractivity contribution in [2.75, 3.05) is 30.7 Å². The van der Waals surface area contributed by atoms with E-state index in [0.717, 1.165) is 49.0 Å². The van der Waals surface area contributed by atoms with Crippen molar-refractivity contribution in [2.45, 2.75) is 107 Å². The molecule has 4 rings (SSSR count). The Morgan fingerprint density at radius 3 is 2.41 bits per heavy atom. The average molecular weight is 479 g/mol. The van der Waals surface area contributed by atoms with Crippen LogP contribution in [0, 0.1) is 5.92 Å². The average Bonchev–Trinajstić information content (AvgIpc) is 3.08. The zero-order valence-corrected chi connectivity index (χ0v) is 21.5. The largest absolute Gasteiger partial charge is 0.324 e. The summed E-state index contributed by atoms with van der Waals surface area (Å²) in [7, 11) is 0. The highest BCUT2D eigenvalue weighted by atomic mass is 32.2. The van der Waals surface area contributed by atoms with Crippen molar-refractivity contribution < 1.29 is 4.79 Å². The number of carbonyl (C=O) groups is 1. The second kappa shape index (κ2) is 12.6. The fraction of sp³-hybridized carbons (Fsp3) is 0.840. The van der Waals surface area contributed by atoms with Gasteiger partial charge in [0.05, 0.1) is 10.4 Å². The molecule has 3 fully saturated rings. The molecule has 1 saturated heterocycles. The SMILES string of the molecule is C[C@H]1CC[C@H](N(C(=O)Nc2ncc(SCCN3CCCCCC3)s2)C2CCCCC2)CC1. The Bertz CT molecular complexity index is 690. The van der Waals surface area contributed by atoms with Gasteiger partial charge in [0.25, 0.3) is 0 Å². The second-order valence-corrected chi connectivity index (χ2v) is 12.6. The van der Waals surface area contributed by atoms with Crippen LogP contribution in [-0.4, -0.2) is 58.3 Å². The Kier molecular flexibility index (Phi) is 9.59. The number of likely N-dealkylation sites (tertiary alicyclic amines) is 1. The molecule has 0 bridgehead atoms. The highest BCUT2D eigenvalue weighted by Gasteiger charge is 2.34. The van der Waals surface area contributed by atoms with Gasteiger partial charge in [-0.15, -0.1) is 11.8 Å². The smallest absolute Gasteiger partial charge is 0.319 e. The Morgan fingerprint density at radius 1 is 1.03 bits per heavy atom. The van der Waals surface area contributed by atoms with Gasteiger partial charge >= 0.3 is 6.03 Å². The monoisotopic (exact) mass is 478 g/mol. The Labute approximate surface area is 203 Å². The molecule has 1 aromatic rings. The van der Waals surface area contributed by atoms with Crippen molar-refractivity contribution in [1.29, 1.82) is 0 Å². The second-order valence-electron chi connectivity index (χ2n) is 10.1. The molecular formula is C25H42N4OS2. The standard InChI is InChI=1S/C25H42N4OS2/c1-20-11-13-22(14-12-20)29(21-9-5-4-6-10-21)25(30)27-24-26-19-23(32-24)31-18-17-28-15-7-2-3-8-16-28/h19-22H,2-18H2,1H3,(H,26,27,30)/t20-,22-. The maximum Gasteiger partial charge on any atom is 0.324 e. The van der Waals surface area contributed by atoms with Crippen LogP contribution in [0.5, 0.6) is 0 Å². The number of thioether (sulfide) groups is 1. The molecule has 2 heterocycles. The normalized spacial score (nSPS) is 25.9. The number of urea groups is 1. The molecule has 0 radical (unpaired) electrons. The fourth-order valence-electron chi connectivity index (χ4n) is 5.68. The van der Waals surface area contributed by atoms with Crippen LogP contribution in [0.3, 0.4) is 0 Å². The van der Waals surface area contributed by atoms with E-state index < -0.39 is 0 Å². The van der Waals surface area contributed by atoms with Gasteiger partial charge in [0, 0.05) is 24.4 Å². The van der Waals surface area contributed by atoms with E-state index in [-0.39, 0.29) is 6.03 Å². The van der Waals surface area contributed by atoms with Crippen LogP contribution < -0.4 is 5.32 Å². The third-order valence-electron chi connectivity index (χ3n) is 7.63. The lowest BCUT2D eigenvalue weighted by Gasteiger charge is -2.42. The predicted molar refractivity (Wildman–Crippen MR) is 137 cm³/mol. The number of anilines is 1. The van der Waals surface area contributed by atoms with Crippen LogP contribution >= 0.6 is 23.1 Å². The molecule has 5 nitrogen and oxygen atoms in total. The van der Waals surface area contributed by atoms with E-state index in [0.29, 0.717) is 12.1 Å². The number of carbonyl (C=O) groups excluding carboxylic acids is 1. The summed E-state index contributed by atoms with van der Waals surface area (Å²) < 4.78 is 1.21. The molecule has 0 atom stereocenters. The molecule has 1 aromatic heterocycles. The molecule has 1 aliphatic heterocycles. The predicted octanol–water partition coefficient (Wildman–Crippen LogP) is 6.86. The summed E-state index contributed by atoms with van der Waals surface area (Å²) in [6, 6.07) is 0.897. The Hall–Kier alpha value is -0.790. The minimum absolute atomic E-state index is 0.0897. The lowest BCUT2D eigenvalue weighted by Crippen LogP contribution is -2.51. The molecule has 2 amide bonds. The van der Waals surface area contributed by atoms with Gasteiger partial charge in [-0.05, 0) is 70.4 Å². The molecule has 0 spiro atoms. The van der Waals surface area contributed by atoms with E-state index in [1.165, 1.54) is 75.1 Å². The van der Waals surface area contributed by atoms with Gasteiger partial charge in [0.1, 0.15) is 0 Å². The van der Waals surface area contributed by atoms with E-state index in [9.17, 15) is 4.79 Å². The number of thiazole rings is 1. The minimum atomic E-state index is 0.0897. The summed E-state index contributed by atoms with van der Waals surface area (Å²) in [6.07, 6.45) is 18.4. The highest BCUT2D eigenvalue weighted by molar-refractivity contribution is 8.01. The molecule has 0 aromatic carbocycles. The molecule has 180 valence electrons. The molecule has 7 heteroatoms. The number of nitrogens with zero attached hydrogens (tertiary/aromatic N) is 3. The summed E-state index contributed by atoms with van der Waals surface area (Å²) in [6.45, 7) is 6.01. The molecule has 0 unspecified atom stereocenters. The summed E-state index contributed by atoms with van der Waals surface area (Å²) in [5.41, 5.74) is 0. The number of hydrogen-bond acceptors (Lipinski definition) is 5. The lowest BCUT2D eigenvalue weighted by molar-refractivity contribution is 0.105. The fourth-order valence-corrected chi connectivity index (χ4v) is 7.62. The van der Waals surface area contributed by atoms with E-state index in [2.05, 4.69) is 27.0 Å². The number of amides is 2. The van der Waals surface area contributed by atoms with Gasteiger partial charge in [0.2, 0.25) is 0 Å². The lowest BCUT2D eigenvalue weighted by atomic mass is 9.84. The van der Waals surface area contributed by atoms with Crippen LogP contribution in [0.25, 0.3) is 0 Å². The van der Waals surface area contributed by atoms with E-state index in [4.69, 9.17) is 0 Å². The maximum absolute atomic E-state index is 13.4. The molecule has 1 N–H and O–H groups in total. The van der Waals surface area contributed by atoms with Crippen molar-refractivity contribution >= 4 is 34.3 Å². The maximum atomic E-state index is 13.4. The number of hydrogen-bond donors (Lipinski definition) is 1. The summed E-state index contributed by atoms with van der Waals surface area (Å²) >= 11 is 3.52. The number of nitrogens with one attached hydrogen (secondary N) is 1. The zero-order valence-electron chi connectivity index (χ0n) is 19.9. The van der Waals surface area contributed by atoms with Crippen molar-refractivity contribution in [1.82, 2.24) is 14.8 Å². The Morgan fingerprint density at radius 2 is 1.69 bits per heavy atom. The molecule has 3 aliphatic rings. The van der Waals surface area contributed by atoms with Crippen LogP contribution in [0.1, 0.15) is 90.4 Å². The topological polar surface area (TPSA) is 48.5 Å². The van der Waals surface area contributed by atoms with Gasteiger partial charge < -0.3 is 9.80 Å². The Balaban J connectivity index is 1.30. The first-order valence-corrected chi connectivity index (χ1v) is 14.9. The summed E-state index contributed by atoms with van der Waals surface area (Å²) in [5.74, 6) is 1.90. The third kappa shape index (κ3) is 7.10. The molecule has 32 heavy (non-hydrogen) atoms. The van der Waals surface area contributed by atoms with Crippen molar-refractivity contribution in [3.05, 3.63) is 6.20 Å². The van der Waals surface area contributed by atoms with Crippen molar-refractivity contribution in [3.8, 4) is 0 Å². The van der Waals surface area contributed by atoms with Gasteiger partial charge in [-0.3, -0.25) is 5.32 Å². The number of rotatable bonds is 7. The van der Waals surface area contributed by atoms with E-state index in [1.54, 1.807) is 11.3 Å². The first-order chi connectivity index (χ1) is 15.7. The van der Waals surface area contributed by atoms with Crippen molar-refractivity contribution in [3.63, 3.8) is 0 Å². The first kappa shape index (κ1) is 24.3. The molecular weight excluding hydrogens is 436 g/mol. The molecule has 2 saturated carbocycles. The zero-order chi connectivity index (χ0) is 22.2. The van der Waals surface area contributed by atoms with Crippen LogP contribution in [-0.2, 0) is 0 Å². The number of aromatic nitrogens is 1. The van der Waals surface area contributed by atoms with E-state index >= 15 is 0 Å². The van der Waals surface area contributed by atoms with E-state index in [1.807, 2.05) is 18.0 Å². The quantitative estimate of drug-likeness (QED) is 0.435. The first-order valence-electron chi connectivity index (χ1n) is 13.1. The summed E-state index contributed by atoms with van der Waals surface area (Å²) in [4.78, 5) is 22.8. The van der Waals surface area contributed by atoms with Crippen LogP contribution in [0.2, 0.25) is 0 Å². The van der Waals surface area contributed by atoms with Crippen molar-refractivity contribution in [2.24, 2.45) is 5.92 Å². The third-order valence-corrected chi connectivity index (χ3v) is 9.72. The van der Waals surface area contributed by atoms with Gasteiger partial charge in [-0.25, -0.2) is 9.78 Å². The highest BCUT2D eigenvalue weighted by Crippen LogP contribution is 2.34. The van der Waals surface area contributed by atoms with Gasteiger partial charge in [-0.1, -0.05) is 50.4 Å². The minimum Gasteiger partial charge on any atom is -0.319 e. The molecule has 2 aliphatic carbocycles. The van der Waals surface area contributed by atoms with Crippen LogP contribution in [0.15, 0.2) is 10.4 Å². The van der Waals surface area contributed by atoms with Gasteiger partial charge in [-0.2, -0.15) is 0 Å².